The summed E-state index contributed by atoms with van der Waals surface area (Å²) in [7, 11) is 0. The molecular weight excluding hydrogens is 222 g/mol. The number of nitrogens with one attached hydrogen (secondary N) is 1. The topological polar surface area (TPSA) is 29.9 Å². The van der Waals surface area contributed by atoms with Crippen molar-refractivity contribution in [3.63, 3.8) is 0 Å². The molecule has 0 saturated carbocycles. The molecule has 0 radical (unpaired) electrons. The minimum atomic E-state index is 0.822. The molecule has 1 aromatic carbocycles. The molecule has 0 unspecified atom stereocenters. The molecule has 1 aromatic heterocycles. The van der Waals surface area contributed by atoms with Gasteiger partial charge in [-0.05, 0) is 30.5 Å². The Morgan fingerprint density at radius 1 is 1.00 bits per heavy atom. The number of nitrogens with zero attached hydrogens (tertiary/aromatic N) is 2. The first-order valence-electron chi connectivity index (χ1n) is 6.62. The third-order valence-corrected chi connectivity index (χ3v) is 3.09. The maximum Gasteiger partial charge on any atom is 0.0762 e. The van der Waals surface area contributed by atoms with Crippen molar-refractivity contribution in [3.8, 4) is 0 Å². The van der Waals surface area contributed by atoms with E-state index in [4.69, 9.17) is 0 Å². The van der Waals surface area contributed by atoms with Crippen molar-refractivity contribution >= 4 is 0 Å². The highest BCUT2D eigenvalue weighted by Gasteiger charge is 1.98. The van der Waals surface area contributed by atoms with Gasteiger partial charge in [0.25, 0.3) is 0 Å². The summed E-state index contributed by atoms with van der Waals surface area (Å²) >= 11 is 0. The predicted octanol–water partition coefficient (Wildman–Crippen LogP) is 2.76. The van der Waals surface area contributed by atoms with Gasteiger partial charge in [0.1, 0.15) is 0 Å². The van der Waals surface area contributed by atoms with E-state index in [1.54, 1.807) is 0 Å². The third-order valence-electron chi connectivity index (χ3n) is 3.09. The van der Waals surface area contributed by atoms with Crippen molar-refractivity contribution < 1.29 is 0 Å². The summed E-state index contributed by atoms with van der Waals surface area (Å²) in [6, 6.07) is 10.8. The monoisotopic (exact) mass is 243 g/mol. The van der Waals surface area contributed by atoms with Gasteiger partial charge in [-0.3, -0.25) is 4.68 Å². The van der Waals surface area contributed by atoms with E-state index in [9.17, 15) is 0 Å². The fraction of sp³-hybridized carbons (Fsp3) is 0.400. The highest BCUT2D eigenvalue weighted by molar-refractivity contribution is 5.22. The van der Waals surface area contributed by atoms with Crippen LogP contribution >= 0.6 is 0 Å². The Bertz CT molecular complexity index is 471. The maximum absolute atomic E-state index is 4.44. The number of aromatic nitrogens is 2. The molecule has 0 spiro atoms. The van der Waals surface area contributed by atoms with E-state index in [2.05, 4.69) is 54.6 Å². The first-order chi connectivity index (χ1) is 8.81. The van der Waals surface area contributed by atoms with Crippen LogP contribution in [0.3, 0.4) is 0 Å². The molecule has 0 aliphatic heterocycles. The van der Waals surface area contributed by atoms with Crippen LogP contribution < -0.4 is 5.32 Å². The number of hydrogen-bond acceptors (Lipinski definition) is 2. The lowest BCUT2D eigenvalue weighted by atomic mass is 10.1. The SMILES string of the molecule is CCc1ccc(CNCc2ccn(CC)n2)cc1. The lowest BCUT2D eigenvalue weighted by Crippen LogP contribution is -2.13. The number of rotatable bonds is 6. The van der Waals surface area contributed by atoms with Gasteiger partial charge < -0.3 is 5.32 Å². The standard InChI is InChI=1S/C15H21N3/c1-3-13-5-7-14(8-6-13)11-16-12-15-9-10-18(4-2)17-15/h5-10,16H,3-4,11-12H2,1-2H3. The molecule has 0 aliphatic carbocycles. The second-order valence-electron chi connectivity index (χ2n) is 4.44. The summed E-state index contributed by atoms with van der Waals surface area (Å²) in [4.78, 5) is 0. The van der Waals surface area contributed by atoms with Crippen molar-refractivity contribution in [3.05, 3.63) is 53.3 Å². The van der Waals surface area contributed by atoms with Gasteiger partial charge in [-0.15, -0.1) is 0 Å². The second kappa shape index (κ2) is 6.36. The lowest BCUT2D eigenvalue weighted by molar-refractivity contribution is 0.620. The molecule has 0 fully saturated rings. The van der Waals surface area contributed by atoms with Gasteiger partial charge in [-0.1, -0.05) is 31.2 Å². The molecule has 3 nitrogen and oxygen atoms in total. The molecule has 3 heteroatoms. The largest absolute Gasteiger partial charge is 0.307 e. The Hall–Kier alpha value is -1.61. The van der Waals surface area contributed by atoms with E-state index in [1.807, 2.05) is 10.9 Å². The van der Waals surface area contributed by atoms with E-state index in [0.29, 0.717) is 0 Å². The Kier molecular flexibility index (Phi) is 4.53. The molecule has 0 amide bonds. The van der Waals surface area contributed by atoms with Gasteiger partial charge >= 0.3 is 0 Å². The van der Waals surface area contributed by atoms with Crippen LogP contribution in [0.25, 0.3) is 0 Å². The molecule has 1 heterocycles. The zero-order chi connectivity index (χ0) is 12.8. The van der Waals surface area contributed by atoms with Crippen molar-refractivity contribution in [1.29, 1.82) is 0 Å². The first kappa shape index (κ1) is 12.8. The van der Waals surface area contributed by atoms with Crippen LogP contribution in [0.5, 0.6) is 0 Å². The fourth-order valence-corrected chi connectivity index (χ4v) is 1.90. The summed E-state index contributed by atoms with van der Waals surface area (Å²) < 4.78 is 1.95. The molecule has 0 saturated heterocycles. The Labute approximate surface area is 109 Å². The van der Waals surface area contributed by atoms with Gasteiger partial charge in [0.15, 0.2) is 0 Å². The summed E-state index contributed by atoms with van der Waals surface area (Å²) in [5.74, 6) is 0. The highest BCUT2D eigenvalue weighted by atomic mass is 15.3. The highest BCUT2D eigenvalue weighted by Crippen LogP contribution is 2.05. The molecule has 0 atom stereocenters. The third kappa shape index (κ3) is 3.44. The molecule has 0 aliphatic rings. The van der Waals surface area contributed by atoms with Crippen molar-refractivity contribution in [2.45, 2.75) is 39.9 Å². The summed E-state index contributed by atoms with van der Waals surface area (Å²) in [6.07, 6.45) is 3.12. The summed E-state index contributed by atoms with van der Waals surface area (Å²) in [6.45, 7) is 6.92. The van der Waals surface area contributed by atoms with Crippen molar-refractivity contribution in [2.24, 2.45) is 0 Å². The molecule has 1 N–H and O–H groups in total. The zero-order valence-electron chi connectivity index (χ0n) is 11.2. The van der Waals surface area contributed by atoms with E-state index in [1.165, 1.54) is 11.1 Å². The average molecular weight is 243 g/mol. The Balaban J connectivity index is 1.80. The van der Waals surface area contributed by atoms with Crippen LogP contribution in [0.1, 0.15) is 30.7 Å². The van der Waals surface area contributed by atoms with Gasteiger partial charge in [0.2, 0.25) is 0 Å². The van der Waals surface area contributed by atoms with E-state index < -0.39 is 0 Å². The van der Waals surface area contributed by atoms with E-state index in [0.717, 1.165) is 31.7 Å². The van der Waals surface area contributed by atoms with Crippen LogP contribution in [0, 0.1) is 0 Å². The van der Waals surface area contributed by atoms with Crippen LogP contribution in [0.2, 0.25) is 0 Å². The van der Waals surface area contributed by atoms with Gasteiger partial charge in [-0.25, -0.2) is 0 Å². The Morgan fingerprint density at radius 2 is 1.72 bits per heavy atom. The fourth-order valence-electron chi connectivity index (χ4n) is 1.90. The van der Waals surface area contributed by atoms with Crippen LogP contribution in [0.15, 0.2) is 36.5 Å². The van der Waals surface area contributed by atoms with Crippen molar-refractivity contribution in [1.82, 2.24) is 15.1 Å². The lowest BCUT2D eigenvalue weighted by Gasteiger charge is -2.04. The molecule has 0 bridgehead atoms. The van der Waals surface area contributed by atoms with Crippen LogP contribution in [-0.4, -0.2) is 9.78 Å². The van der Waals surface area contributed by atoms with Gasteiger partial charge in [-0.2, -0.15) is 5.10 Å². The van der Waals surface area contributed by atoms with E-state index >= 15 is 0 Å². The van der Waals surface area contributed by atoms with Gasteiger partial charge in [0, 0.05) is 25.8 Å². The summed E-state index contributed by atoms with van der Waals surface area (Å²) in [5.41, 5.74) is 3.81. The average Bonchev–Trinajstić information content (AvgIpc) is 2.87. The number of aryl methyl sites for hydroxylation is 2. The maximum atomic E-state index is 4.44. The molecule has 18 heavy (non-hydrogen) atoms. The quantitative estimate of drug-likeness (QED) is 0.845. The minimum absolute atomic E-state index is 0.822. The zero-order valence-corrected chi connectivity index (χ0v) is 11.2. The smallest absolute Gasteiger partial charge is 0.0762 e. The predicted molar refractivity (Wildman–Crippen MR) is 74.3 cm³/mol. The van der Waals surface area contributed by atoms with Crippen LogP contribution in [0.4, 0.5) is 0 Å². The number of hydrogen-bond donors (Lipinski definition) is 1. The minimum Gasteiger partial charge on any atom is -0.307 e. The van der Waals surface area contributed by atoms with Gasteiger partial charge in [0.05, 0.1) is 5.69 Å². The second-order valence-corrected chi connectivity index (χ2v) is 4.44. The molecule has 2 aromatic rings. The first-order valence-corrected chi connectivity index (χ1v) is 6.62. The van der Waals surface area contributed by atoms with Crippen LogP contribution in [-0.2, 0) is 26.1 Å². The Morgan fingerprint density at radius 3 is 2.33 bits per heavy atom. The number of benzene rings is 1. The summed E-state index contributed by atoms with van der Waals surface area (Å²) in [5, 5.41) is 7.86. The molecular formula is C15H21N3. The molecule has 96 valence electrons. The molecule has 2 rings (SSSR count). The normalized spacial score (nSPS) is 10.8. The van der Waals surface area contributed by atoms with Crippen molar-refractivity contribution in [2.75, 3.05) is 0 Å². The van der Waals surface area contributed by atoms with E-state index in [-0.39, 0.29) is 0 Å².